The van der Waals surface area contributed by atoms with Gasteiger partial charge in [-0.3, -0.25) is 4.79 Å². The molecule has 0 saturated carbocycles. The van der Waals surface area contributed by atoms with Crippen molar-refractivity contribution in [3.63, 3.8) is 0 Å². The van der Waals surface area contributed by atoms with Crippen LogP contribution in [0.5, 0.6) is 5.75 Å². The van der Waals surface area contributed by atoms with Crippen LogP contribution in [0, 0.1) is 6.92 Å². The van der Waals surface area contributed by atoms with E-state index in [2.05, 4.69) is 12.2 Å². The molecule has 0 atom stereocenters. The molecule has 3 nitrogen and oxygen atoms in total. The van der Waals surface area contributed by atoms with Crippen LogP contribution in [0.15, 0.2) is 42.5 Å². The molecule has 0 radical (unpaired) electrons. The Morgan fingerprint density at radius 2 is 1.86 bits per heavy atom. The van der Waals surface area contributed by atoms with Crippen LogP contribution in [0.1, 0.15) is 41.3 Å². The molecule has 2 aromatic rings. The average Bonchev–Trinajstić information content (AvgIpc) is 2.49. The van der Waals surface area contributed by atoms with E-state index < -0.39 is 0 Å². The number of benzene rings is 2. The molecule has 0 saturated heterocycles. The fraction of sp³-hybridized carbons (Fsp3) is 0.278. The third-order valence-corrected chi connectivity index (χ3v) is 3.49. The van der Waals surface area contributed by atoms with Gasteiger partial charge in [0.1, 0.15) is 5.75 Å². The van der Waals surface area contributed by atoms with Crippen LogP contribution in [-0.2, 0) is 6.42 Å². The molecule has 3 heteroatoms. The van der Waals surface area contributed by atoms with Crippen LogP contribution in [0.25, 0.3) is 0 Å². The van der Waals surface area contributed by atoms with Crippen molar-refractivity contribution in [2.75, 3.05) is 5.32 Å². The molecule has 0 heterocycles. The Labute approximate surface area is 125 Å². The Morgan fingerprint density at radius 3 is 2.48 bits per heavy atom. The number of unbranched alkanes of at least 4 members (excludes halogenated alkanes) is 1. The lowest BCUT2D eigenvalue weighted by molar-refractivity contribution is 0.102. The van der Waals surface area contributed by atoms with Crippen molar-refractivity contribution in [2.45, 2.75) is 33.1 Å². The lowest BCUT2D eigenvalue weighted by Gasteiger charge is -2.08. The molecule has 2 N–H and O–H groups in total. The van der Waals surface area contributed by atoms with E-state index in [0.29, 0.717) is 11.1 Å². The average molecular weight is 283 g/mol. The minimum absolute atomic E-state index is 0.167. The van der Waals surface area contributed by atoms with Crippen LogP contribution in [-0.4, -0.2) is 11.0 Å². The fourth-order valence-corrected chi connectivity index (χ4v) is 2.14. The summed E-state index contributed by atoms with van der Waals surface area (Å²) < 4.78 is 0. The second kappa shape index (κ2) is 6.93. The van der Waals surface area contributed by atoms with E-state index in [9.17, 15) is 9.90 Å². The topological polar surface area (TPSA) is 49.3 Å². The maximum atomic E-state index is 12.1. The maximum Gasteiger partial charge on any atom is 0.255 e. The van der Waals surface area contributed by atoms with Crippen molar-refractivity contribution in [3.8, 4) is 5.75 Å². The number of carbonyl (C=O) groups is 1. The van der Waals surface area contributed by atoms with Gasteiger partial charge in [-0.05, 0) is 61.2 Å². The van der Waals surface area contributed by atoms with Gasteiger partial charge in [0.25, 0.3) is 5.91 Å². The van der Waals surface area contributed by atoms with Crippen LogP contribution in [0.2, 0.25) is 0 Å². The van der Waals surface area contributed by atoms with Crippen molar-refractivity contribution in [1.82, 2.24) is 0 Å². The summed E-state index contributed by atoms with van der Waals surface area (Å²) in [7, 11) is 0. The molecule has 0 unspecified atom stereocenters. The second-order valence-corrected chi connectivity index (χ2v) is 5.26. The summed E-state index contributed by atoms with van der Waals surface area (Å²) in [5.74, 6) is 0.0336. The molecule has 0 aliphatic carbocycles. The molecule has 0 aromatic heterocycles. The van der Waals surface area contributed by atoms with Gasteiger partial charge in [-0.2, -0.15) is 0 Å². The minimum Gasteiger partial charge on any atom is -0.508 e. The first-order valence-corrected chi connectivity index (χ1v) is 7.30. The number of phenols is 1. The highest BCUT2D eigenvalue weighted by atomic mass is 16.3. The van der Waals surface area contributed by atoms with E-state index in [4.69, 9.17) is 0 Å². The van der Waals surface area contributed by atoms with Gasteiger partial charge < -0.3 is 10.4 Å². The summed E-state index contributed by atoms with van der Waals surface area (Å²) in [4.78, 5) is 12.1. The third-order valence-electron chi connectivity index (χ3n) is 3.49. The van der Waals surface area contributed by atoms with Crippen molar-refractivity contribution < 1.29 is 9.90 Å². The van der Waals surface area contributed by atoms with Crippen molar-refractivity contribution in [2.24, 2.45) is 0 Å². The standard InChI is InChI=1S/C18H21NO2/c1-3-4-5-14-6-9-16(10-7-14)19-18(21)15-8-11-17(20)13(2)12-15/h6-12,20H,3-5H2,1-2H3,(H,19,21). The fourth-order valence-electron chi connectivity index (χ4n) is 2.14. The maximum absolute atomic E-state index is 12.1. The normalized spacial score (nSPS) is 10.4. The van der Waals surface area contributed by atoms with Crippen molar-refractivity contribution in [3.05, 3.63) is 59.2 Å². The second-order valence-electron chi connectivity index (χ2n) is 5.26. The summed E-state index contributed by atoms with van der Waals surface area (Å²) in [6.07, 6.45) is 3.43. The predicted octanol–water partition coefficient (Wildman–Crippen LogP) is 4.30. The number of amides is 1. The Morgan fingerprint density at radius 1 is 1.14 bits per heavy atom. The lowest BCUT2D eigenvalue weighted by atomic mass is 10.1. The number of rotatable bonds is 5. The Kier molecular flexibility index (Phi) is 4.99. The first-order chi connectivity index (χ1) is 10.1. The number of carbonyl (C=O) groups excluding carboxylic acids is 1. The zero-order valence-electron chi connectivity index (χ0n) is 12.5. The number of nitrogens with one attached hydrogen (secondary N) is 1. The van der Waals surface area contributed by atoms with E-state index in [1.165, 1.54) is 24.5 Å². The molecular weight excluding hydrogens is 262 g/mol. The first-order valence-electron chi connectivity index (χ1n) is 7.30. The van der Waals surface area contributed by atoms with E-state index in [1.54, 1.807) is 19.1 Å². The SMILES string of the molecule is CCCCc1ccc(NC(=O)c2ccc(O)c(C)c2)cc1. The van der Waals surface area contributed by atoms with Gasteiger partial charge in [0, 0.05) is 11.3 Å². The van der Waals surface area contributed by atoms with E-state index in [0.717, 1.165) is 12.1 Å². The highest BCUT2D eigenvalue weighted by Gasteiger charge is 2.07. The predicted molar refractivity (Wildman–Crippen MR) is 85.9 cm³/mol. The monoisotopic (exact) mass is 283 g/mol. The summed E-state index contributed by atoms with van der Waals surface area (Å²) in [5, 5.41) is 12.4. The third kappa shape index (κ3) is 4.09. The Bertz CT molecular complexity index is 618. The molecule has 2 rings (SSSR count). The molecule has 2 aromatic carbocycles. The van der Waals surface area contributed by atoms with Crippen LogP contribution in [0.3, 0.4) is 0 Å². The molecule has 0 aliphatic heterocycles. The highest BCUT2D eigenvalue weighted by Crippen LogP contribution is 2.18. The molecule has 0 aliphatic rings. The number of anilines is 1. The van der Waals surface area contributed by atoms with Gasteiger partial charge in [0.05, 0.1) is 0 Å². The number of aryl methyl sites for hydroxylation is 2. The molecule has 0 fully saturated rings. The zero-order valence-corrected chi connectivity index (χ0v) is 12.5. The summed E-state index contributed by atoms with van der Waals surface area (Å²) >= 11 is 0. The highest BCUT2D eigenvalue weighted by molar-refractivity contribution is 6.04. The lowest BCUT2D eigenvalue weighted by Crippen LogP contribution is -2.11. The van der Waals surface area contributed by atoms with Crippen LogP contribution >= 0.6 is 0 Å². The number of hydrogen-bond acceptors (Lipinski definition) is 2. The quantitative estimate of drug-likeness (QED) is 0.859. The van der Waals surface area contributed by atoms with Crippen LogP contribution in [0.4, 0.5) is 5.69 Å². The summed E-state index contributed by atoms with van der Waals surface area (Å²) in [6, 6.07) is 12.8. The smallest absolute Gasteiger partial charge is 0.255 e. The van der Waals surface area contributed by atoms with Crippen molar-refractivity contribution >= 4 is 11.6 Å². The molecule has 0 bridgehead atoms. The largest absolute Gasteiger partial charge is 0.508 e. The number of phenolic OH excluding ortho intramolecular Hbond substituents is 1. The van der Waals surface area contributed by atoms with Gasteiger partial charge >= 0.3 is 0 Å². The number of aromatic hydroxyl groups is 1. The zero-order chi connectivity index (χ0) is 15.2. The van der Waals surface area contributed by atoms with E-state index >= 15 is 0 Å². The first kappa shape index (κ1) is 15.1. The van der Waals surface area contributed by atoms with E-state index in [1.807, 2.05) is 24.3 Å². The number of hydrogen-bond donors (Lipinski definition) is 2. The van der Waals surface area contributed by atoms with Crippen LogP contribution < -0.4 is 5.32 Å². The summed E-state index contributed by atoms with van der Waals surface area (Å²) in [5.41, 5.74) is 3.30. The molecule has 110 valence electrons. The minimum atomic E-state index is -0.167. The van der Waals surface area contributed by atoms with Gasteiger partial charge in [0.15, 0.2) is 0 Å². The van der Waals surface area contributed by atoms with Gasteiger partial charge in [-0.25, -0.2) is 0 Å². The molecular formula is C18H21NO2. The molecule has 0 spiro atoms. The van der Waals surface area contributed by atoms with Crippen molar-refractivity contribution in [1.29, 1.82) is 0 Å². The van der Waals surface area contributed by atoms with Gasteiger partial charge in [0.2, 0.25) is 0 Å². The molecule has 1 amide bonds. The Balaban J connectivity index is 2.03. The van der Waals surface area contributed by atoms with Gasteiger partial charge in [-0.1, -0.05) is 25.5 Å². The van der Waals surface area contributed by atoms with Gasteiger partial charge in [-0.15, -0.1) is 0 Å². The molecule has 21 heavy (non-hydrogen) atoms. The Hall–Kier alpha value is -2.29. The van der Waals surface area contributed by atoms with E-state index in [-0.39, 0.29) is 11.7 Å². The summed E-state index contributed by atoms with van der Waals surface area (Å²) in [6.45, 7) is 3.95.